The molecule has 0 aromatic heterocycles. The van der Waals surface area contributed by atoms with Crippen LogP contribution in [-0.4, -0.2) is 28.9 Å². The number of amides is 3. The second kappa shape index (κ2) is 3.36. The number of carbonyl (C=O) groups excluding carboxylic acids is 2. The van der Waals surface area contributed by atoms with Gasteiger partial charge in [0, 0.05) is 18.5 Å². The SMILES string of the molecule is CC(C)(C)NC(=O)N1CCCC1=O. The van der Waals surface area contributed by atoms with Crippen LogP contribution in [0, 0.1) is 0 Å². The maximum absolute atomic E-state index is 11.5. The van der Waals surface area contributed by atoms with E-state index in [0.29, 0.717) is 13.0 Å². The Morgan fingerprint density at radius 3 is 2.46 bits per heavy atom. The minimum Gasteiger partial charge on any atom is -0.333 e. The molecule has 0 bridgehead atoms. The molecule has 1 N–H and O–H groups in total. The predicted octanol–water partition coefficient (Wildman–Crippen LogP) is 1.12. The van der Waals surface area contributed by atoms with Crippen molar-refractivity contribution in [2.24, 2.45) is 0 Å². The van der Waals surface area contributed by atoms with E-state index >= 15 is 0 Å². The largest absolute Gasteiger partial charge is 0.333 e. The summed E-state index contributed by atoms with van der Waals surface area (Å²) in [5.41, 5.74) is -0.278. The van der Waals surface area contributed by atoms with E-state index in [9.17, 15) is 9.59 Å². The number of nitrogens with one attached hydrogen (secondary N) is 1. The summed E-state index contributed by atoms with van der Waals surface area (Å²) < 4.78 is 0. The number of hydrogen-bond acceptors (Lipinski definition) is 2. The molecule has 0 atom stereocenters. The Morgan fingerprint density at radius 2 is 2.08 bits per heavy atom. The van der Waals surface area contributed by atoms with Crippen LogP contribution < -0.4 is 5.32 Å². The number of likely N-dealkylation sites (tertiary alicyclic amines) is 1. The highest BCUT2D eigenvalue weighted by Gasteiger charge is 2.28. The molecule has 3 amide bonds. The van der Waals surface area contributed by atoms with Gasteiger partial charge < -0.3 is 5.32 Å². The summed E-state index contributed by atoms with van der Waals surface area (Å²) in [5.74, 6) is -0.0678. The fraction of sp³-hybridized carbons (Fsp3) is 0.778. The summed E-state index contributed by atoms with van der Waals surface area (Å²) in [4.78, 5) is 23.9. The average Bonchev–Trinajstić information content (AvgIpc) is 2.30. The topological polar surface area (TPSA) is 49.4 Å². The summed E-state index contributed by atoms with van der Waals surface area (Å²) in [6.45, 7) is 6.24. The Labute approximate surface area is 78.3 Å². The first-order chi connectivity index (χ1) is 5.90. The summed E-state index contributed by atoms with van der Waals surface area (Å²) in [6.07, 6.45) is 1.29. The molecule has 74 valence electrons. The summed E-state index contributed by atoms with van der Waals surface area (Å²) in [5, 5.41) is 2.76. The van der Waals surface area contributed by atoms with Crippen molar-refractivity contribution < 1.29 is 9.59 Å². The van der Waals surface area contributed by atoms with Crippen LogP contribution in [0.2, 0.25) is 0 Å². The van der Waals surface area contributed by atoms with E-state index in [2.05, 4.69) is 5.32 Å². The zero-order valence-electron chi connectivity index (χ0n) is 8.39. The van der Waals surface area contributed by atoms with Gasteiger partial charge in [0.05, 0.1) is 0 Å². The molecule has 1 aliphatic heterocycles. The molecule has 0 aliphatic carbocycles. The zero-order valence-corrected chi connectivity index (χ0v) is 8.39. The van der Waals surface area contributed by atoms with Crippen LogP contribution in [-0.2, 0) is 4.79 Å². The minimum absolute atomic E-state index is 0.0678. The molecule has 1 saturated heterocycles. The minimum atomic E-state index is -0.278. The monoisotopic (exact) mass is 184 g/mol. The van der Waals surface area contributed by atoms with E-state index in [1.807, 2.05) is 20.8 Å². The Morgan fingerprint density at radius 1 is 1.46 bits per heavy atom. The molecule has 0 radical (unpaired) electrons. The number of imide groups is 1. The second-order valence-corrected chi connectivity index (χ2v) is 4.33. The lowest BCUT2D eigenvalue weighted by molar-refractivity contribution is -0.125. The van der Waals surface area contributed by atoms with Gasteiger partial charge in [-0.2, -0.15) is 0 Å². The van der Waals surface area contributed by atoms with Crippen molar-refractivity contribution in [2.45, 2.75) is 39.2 Å². The van der Waals surface area contributed by atoms with Crippen molar-refractivity contribution in [2.75, 3.05) is 6.54 Å². The van der Waals surface area contributed by atoms with Crippen LogP contribution in [0.25, 0.3) is 0 Å². The van der Waals surface area contributed by atoms with Gasteiger partial charge in [-0.3, -0.25) is 9.69 Å². The molecule has 1 heterocycles. The highest BCUT2D eigenvalue weighted by molar-refractivity contribution is 5.96. The van der Waals surface area contributed by atoms with Crippen LogP contribution in [0.15, 0.2) is 0 Å². The molecule has 0 saturated carbocycles. The van der Waals surface area contributed by atoms with Gasteiger partial charge in [0.15, 0.2) is 0 Å². The molecule has 0 unspecified atom stereocenters. The first kappa shape index (κ1) is 10.0. The van der Waals surface area contributed by atoms with Crippen molar-refractivity contribution >= 4 is 11.9 Å². The maximum Gasteiger partial charge on any atom is 0.324 e. The van der Waals surface area contributed by atoms with Gasteiger partial charge in [-0.15, -0.1) is 0 Å². The van der Waals surface area contributed by atoms with Gasteiger partial charge in [-0.25, -0.2) is 4.79 Å². The number of urea groups is 1. The third-order valence-corrected chi connectivity index (χ3v) is 1.80. The molecule has 13 heavy (non-hydrogen) atoms. The van der Waals surface area contributed by atoms with Gasteiger partial charge in [-0.05, 0) is 27.2 Å². The summed E-state index contributed by atoms with van der Waals surface area (Å²) in [7, 11) is 0. The van der Waals surface area contributed by atoms with Crippen molar-refractivity contribution in [3.8, 4) is 0 Å². The van der Waals surface area contributed by atoms with Gasteiger partial charge in [0.2, 0.25) is 5.91 Å². The number of carbonyl (C=O) groups is 2. The molecule has 0 spiro atoms. The number of rotatable bonds is 0. The normalized spacial score (nSPS) is 17.8. The third kappa shape index (κ3) is 2.72. The Kier molecular flexibility index (Phi) is 2.59. The third-order valence-electron chi connectivity index (χ3n) is 1.80. The molecule has 1 aliphatic rings. The van der Waals surface area contributed by atoms with E-state index in [4.69, 9.17) is 0 Å². The van der Waals surface area contributed by atoms with Crippen LogP contribution in [0.3, 0.4) is 0 Å². The highest BCUT2D eigenvalue weighted by Crippen LogP contribution is 2.11. The highest BCUT2D eigenvalue weighted by atomic mass is 16.2. The molecular formula is C9H16N2O2. The van der Waals surface area contributed by atoms with Crippen LogP contribution in [0.4, 0.5) is 4.79 Å². The summed E-state index contributed by atoms with van der Waals surface area (Å²) >= 11 is 0. The fourth-order valence-electron chi connectivity index (χ4n) is 1.25. The number of hydrogen-bond donors (Lipinski definition) is 1. The van der Waals surface area contributed by atoms with Gasteiger partial charge in [0.25, 0.3) is 0 Å². The van der Waals surface area contributed by atoms with Gasteiger partial charge in [0.1, 0.15) is 0 Å². The first-order valence-corrected chi connectivity index (χ1v) is 4.53. The first-order valence-electron chi connectivity index (χ1n) is 4.53. The molecule has 4 heteroatoms. The van der Waals surface area contributed by atoms with E-state index in [1.54, 1.807) is 0 Å². The Hall–Kier alpha value is -1.06. The van der Waals surface area contributed by atoms with E-state index < -0.39 is 0 Å². The molecule has 0 aromatic carbocycles. The van der Waals surface area contributed by atoms with Crippen molar-refractivity contribution in [3.05, 3.63) is 0 Å². The quantitative estimate of drug-likeness (QED) is 0.613. The van der Waals surface area contributed by atoms with Crippen LogP contribution >= 0.6 is 0 Å². The van der Waals surface area contributed by atoms with E-state index in [0.717, 1.165) is 6.42 Å². The molecule has 4 nitrogen and oxygen atoms in total. The van der Waals surface area contributed by atoms with Crippen molar-refractivity contribution in [1.29, 1.82) is 0 Å². The smallest absolute Gasteiger partial charge is 0.324 e. The molecule has 0 aromatic rings. The Balaban J connectivity index is 2.53. The second-order valence-electron chi connectivity index (χ2n) is 4.33. The fourth-order valence-corrected chi connectivity index (χ4v) is 1.25. The Bertz CT molecular complexity index is 230. The van der Waals surface area contributed by atoms with Crippen molar-refractivity contribution in [1.82, 2.24) is 10.2 Å². The van der Waals surface area contributed by atoms with Crippen LogP contribution in [0.1, 0.15) is 33.6 Å². The lowest BCUT2D eigenvalue weighted by Crippen LogP contribution is -2.48. The van der Waals surface area contributed by atoms with E-state index in [1.165, 1.54) is 4.90 Å². The zero-order chi connectivity index (χ0) is 10.1. The number of nitrogens with zero attached hydrogens (tertiary/aromatic N) is 1. The van der Waals surface area contributed by atoms with Gasteiger partial charge in [-0.1, -0.05) is 0 Å². The lowest BCUT2D eigenvalue weighted by Gasteiger charge is -2.24. The predicted molar refractivity (Wildman–Crippen MR) is 49.2 cm³/mol. The standard InChI is InChI=1S/C9H16N2O2/c1-9(2,3)10-8(13)11-6-4-5-7(11)12/h4-6H2,1-3H3,(H,10,13). The van der Waals surface area contributed by atoms with Crippen molar-refractivity contribution in [3.63, 3.8) is 0 Å². The lowest BCUT2D eigenvalue weighted by atomic mass is 10.1. The molecule has 1 fully saturated rings. The summed E-state index contributed by atoms with van der Waals surface area (Å²) in [6, 6.07) is -0.269. The maximum atomic E-state index is 11.5. The molecule has 1 rings (SSSR count). The molecular weight excluding hydrogens is 168 g/mol. The van der Waals surface area contributed by atoms with Crippen LogP contribution in [0.5, 0.6) is 0 Å². The van der Waals surface area contributed by atoms with Gasteiger partial charge >= 0.3 is 6.03 Å². The average molecular weight is 184 g/mol. The van der Waals surface area contributed by atoms with E-state index in [-0.39, 0.29) is 17.5 Å².